The Hall–Kier alpha value is -3.13. The summed E-state index contributed by atoms with van der Waals surface area (Å²) >= 11 is 9.61. The molecule has 4 rings (SSSR count). The van der Waals surface area contributed by atoms with Crippen molar-refractivity contribution in [3.63, 3.8) is 0 Å². The van der Waals surface area contributed by atoms with Crippen LogP contribution in [-0.2, 0) is 16.6 Å². The van der Waals surface area contributed by atoms with Gasteiger partial charge < -0.3 is 5.32 Å². The van der Waals surface area contributed by atoms with Gasteiger partial charge >= 0.3 is 0 Å². The van der Waals surface area contributed by atoms with E-state index in [9.17, 15) is 13.2 Å². The molecule has 0 aliphatic heterocycles. The van der Waals surface area contributed by atoms with Crippen LogP contribution in [0.2, 0.25) is 5.02 Å². The van der Waals surface area contributed by atoms with Gasteiger partial charge in [0.1, 0.15) is 0 Å². The van der Waals surface area contributed by atoms with E-state index in [0.717, 1.165) is 15.6 Å². The second kappa shape index (κ2) is 10.6. The first-order valence-electron chi connectivity index (χ1n) is 10.7. The summed E-state index contributed by atoms with van der Waals surface area (Å²) in [6, 6.07) is 27.6. The third-order valence-corrected chi connectivity index (χ3v) is 7.90. The van der Waals surface area contributed by atoms with Crippen molar-refractivity contribution in [2.45, 2.75) is 18.4 Å². The molecular weight excluding hydrogens is 548 g/mol. The summed E-state index contributed by atoms with van der Waals surface area (Å²) in [6.07, 6.45) is 0. The van der Waals surface area contributed by atoms with Crippen LogP contribution in [-0.4, -0.2) is 14.3 Å². The highest BCUT2D eigenvalue weighted by molar-refractivity contribution is 9.10. The molecule has 1 N–H and O–H groups in total. The Morgan fingerprint density at radius 1 is 0.914 bits per heavy atom. The summed E-state index contributed by atoms with van der Waals surface area (Å²) in [6.45, 7) is 1.92. The van der Waals surface area contributed by atoms with E-state index in [1.54, 1.807) is 78.9 Å². The van der Waals surface area contributed by atoms with Crippen molar-refractivity contribution in [1.29, 1.82) is 0 Å². The molecule has 4 aromatic carbocycles. The molecule has 1 amide bonds. The van der Waals surface area contributed by atoms with Crippen LogP contribution >= 0.6 is 27.5 Å². The predicted octanol–water partition coefficient (Wildman–Crippen LogP) is 7.06. The van der Waals surface area contributed by atoms with Gasteiger partial charge in [-0.15, -0.1) is 0 Å². The molecule has 0 saturated heterocycles. The Morgan fingerprint density at radius 3 is 2.31 bits per heavy atom. The van der Waals surface area contributed by atoms with E-state index in [-0.39, 0.29) is 17.3 Å². The summed E-state index contributed by atoms with van der Waals surface area (Å²) in [5, 5.41) is 3.30. The van der Waals surface area contributed by atoms with Gasteiger partial charge in [0.2, 0.25) is 0 Å². The van der Waals surface area contributed by atoms with E-state index in [2.05, 4.69) is 21.2 Å². The van der Waals surface area contributed by atoms with Gasteiger partial charge in [-0.2, -0.15) is 0 Å². The first-order valence-corrected chi connectivity index (χ1v) is 13.3. The number of amides is 1. The second-order valence-corrected chi connectivity index (χ2v) is 11.1. The maximum absolute atomic E-state index is 13.6. The van der Waals surface area contributed by atoms with E-state index in [4.69, 9.17) is 11.6 Å². The monoisotopic (exact) mass is 568 g/mol. The van der Waals surface area contributed by atoms with Gasteiger partial charge in [0, 0.05) is 20.7 Å². The average Bonchev–Trinajstić information content (AvgIpc) is 2.85. The molecule has 178 valence electrons. The van der Waals surface area contributed by atoms with E-state index < -0.39 is 10.0 Å². The number of hydrogen-bond acceptors (Lipinski definition) is 3. The smallest absolute Gasteiger partial charge is 0.264 e. The number of sulfonamides is 1. The third kappa shape index (κ3) is 5.93. The van der Waals surface area contributed by atoms with Crippen molar-refractivity contribution in [2.24, 2.45) is 0 Å². The number of carbonyl (C=O) groups is 1. The quantitative estimate of drug-likeness (QED) is 0.259. The largest absolute Gasteiger partial charge is 0.322 e. The number of carbonyl (C=O) groups excluding carboxylic acids is 1. The fraction of sp³-hybridized carbons (Fsp3) is 0.0741. The minimum atomic E-state index is -3.87. The minimum Gasteiger partial charge on any atom is -0.322 e. The normalized spacial score (nSPS) is 11.2. The highest BCUT2D eigenvalue weighted by Crippen LogP contribution is 2.31. The van der Waals surface area contributed by atoms with Crippen molar-refractivity contribution >= 4 is 54.8 Å². The highest BCUT2D eigenvalue weighted by atomic mass is 79.9. The molecule has 0 aliphatic carbocycles. The average molecular weight is 570 g/mol. The van der Waals surface area contributed by atoms with Crippen LogP contribution in [0.1, 0.15) is 21.5 Å². The molecule has 8 heteroatoms. The summed E-state index contributed by atoms with van der Waals surface area (Å²) in [5.74, 6) is -0.255. The van der Waals surface area contributed by atoms with E-state index in [0.29, 0.717) is 22.0 Å². The van der Waals surface area contributed by atoms with Gasteiger partial charge in [-0.05, 0) is 72.6 Å². The fourth-order valence-corrected chi connectivity index (χ4v) is 5.66. The predicted molar refractivity (Wildman–Crippen MR) is 145 cm³/mol. The van der Waals surface area contributed by atoms with E-state index in [1.807, 2.05) is 25.1 Å². The molecule has 35 heavy (non-hydrogen) atoms. The number of nitrogens with zero attached hydrogens (tertiary/aromatic N) is 1. The van der Waals surface area contributed by atoms with Gasteiger partial charge in [-0.3, -0.25) is 9.10 Å². The van der Waals surface area contributed by atoms with E-state index in [1.165, 1.54) is 4.31 Å². The lowest BCUT2D eigenvalue weighted by Crippen LogP contribution is -2.31. The number of benzene rings is 4. The molecule has 0 radical (unpaired) electrons. The molecule has 0 fully saturated rings. The molecule has 0 saturated carbocycles. The van der Waals surface area contributed by atoms with Crippen LogP contribution in [0.4, 0.5) is 11.4 Å². The summed E-state index contributed by atoms with van der Waals surface area (Å²) in [5.41, 5.74) is 3.13. The van der Waals surface area contributed by atoms with Crippen LogP contribution in [0.25, 0.3) is 0 Å². The number of nitrogens with one attached hydrogen (secondary N) is 1. The summed E-state index contributed by atoms with van der Waals surface area (Å²) < 4.78 is 29.5. The Morgan fingerprint density at radius 2 is 1.63 bits per heavy atom. The second-order valence-electron chi connectivity index (χ2n) is 7.92. The number of aryl methyl sites for hydroxylation is 1. The lowest BCUT2D eigenvalue weighted by molar-refractivity contribution is 0.102. The van der Waals surface area contributed by atoms with Crippen LogP contribution in [0.5, 0.6) is 0 Å². The zero-order valence-electron chi connectivity index (χ0n) is 18.8. The van der Waals surface area contributed by atoms with Crippen molar-refractivity contribution in [2.75, 3.05) is 9.62 Å². The summed E-state index contributed by atoms with van der Waals surface area (Å²) in [4.78, 5) is 12.8. The Bertz CT molecular complexity index is 1460. The molecule has 0 aliphatic rings. The molecule has 0 unspecified atom stereocenters. The van der Waals surface area contributed by atoms with Crippen LogP contribution in [0.15, 0.2) is 106 Å². The first-order chi connectivity index (χ1) is 16.7. The van der Waals surface area contributed by atoms with Crippen molar-refractivity contribution in [3.8, 4) is 0 Å². The fourth-order valence-electron chi connectivity index (χ4n) is 3.57. The molecule has 0 heterocycles. The summed E-state index contributed by atoms with van der Waals surface area (Å²) in [7, 11) is -3.87. The standard InChI is InChI=1S/C27H22BrClN2O3S/c1-19-10-15-23(29)17-26(19)31(35(33,34)25-8-3-2-4-9-25)18-20-11-13-21(14-12-20)27(32)30-24-7-5-6-22(28)16-24/h2-17H,18H2,1H3,(H,30,32). The molecule has 4 aromatic rings. The van der Waals surface area contributed by atoms with Crippen LogP contribution < -0.4 is 9.62 Å². The molecule has 0 atom stereocenters. The van der Waals surface area contributed by atoms with Crippen molar-refractivity contribution < 1.29 is 13.2 Å². The molecule has 5 nitrogen and oxygen atoms in total. The van der Waals surface area contributed by atoms with Gasteiger partial charge in [0.15, 0.2) is 0 Å². The number of anilines is 2. The minimum absolute atomic E-state index is 0.0753. The Balaban J connectivity index is 1.63. The van der Waals surface area contributed by atoms with Crippen LogP contribution in [0, 0.1) is 6.92 Å². The van der Waals surface area contributed by atoms with Crippen molar-refractivity contribution in [3.05, 3.63) is 123 Å². The van der Waals surface area contributed by atoms with Crippen LogP contribution in [0.3, 0.4) is 0 Å². The Kier molecular flexibility index (Phi) is 7.60. The first kappa shape index (κ1) is 25.0. The topological polar surface area (TPSA) is 66.5 Å². The lowest BCUT2D eigenvalue weighted by atomic mass is 10.1. The molecule has 0 bridgehead atoms. The van der Waals surface area contributed by atoms with Gasteiger partial charge in [0.05, 0.1) is 17.1 Å². The molecule has 0 spiro atoms. The zero-order valence-corrected chi connectivity index (χ0v) is 21.9. The number of hydrogen-bond donors (Lipinski definition) is 1. The number of rotatable bonds is 7. The maximum Gasteiger partial charge on any atom is 0.264 e. The SMILES string of the molecule is Cc1ccc(Cl)cc1N(Cc1ccc(C(=O)Nc2cccc(Br)c2)cc1)S(=O)(=O)c1ccccc1. The Labute approximate surface area is 218 Å². The lowest BCUT2D eigenvalue weighted by Gasteiger charge is -2.26. The van der Waals surface area contributed by atoms with Gasteiger partial charge in [-0.1, -0.05) is 70.0 Å². The number of halogens is 2. The molecule has 0 aromatic heterocycles. The third-order valence-electron chi connectivity index (χ3n) is 5.40. The van der Waals surface area contributed by atoms with Gasteiger partial charge in [0.25, 0.3) is 15.9 Å². The van der Waals surface area contributed by atoms with Gasteiger partial charge in [-0.25, -0.2) is 8.42 Å². The van der Waals surface area contributed by atoms with Crippen molar-refractivity contribution in [1.82, 2.24) is 0 Å². The zero-order chi connectivity index (χ0) is 25.0. The highest BCUT2D eigenvalue weighted by Gasteiger charge is 2.26. The molecular formula is C27H22BrClN2O3S. The van der Waals surface area contributed by atoms with E-state index >= 15 is 0 Å². The maximum atomic E-state index is 13.6.